The van der Waals surface area contributed by atoms with Gasteiger partial charge in [0.2, 0.25) is 0 Å². The summed E-state index contributed by atoms with van der Waals surface area (Å²) in [6.45, 7) is 3.85. The van der Waals surface area contributed by atoms with E-state index in [1.807, 2.05) is 13.8 Å². The van der Waals surface area contributed by atoms with Crippen LogP contribution in [0.25, 0.3) is 0 Å². The topological polar surface area (TPSA) is 34.1 Å². The molecule has 12 heavy (non-hydrogen) atoms. The Balaban J connectivity index is 2.39. The van der Waals surface area contributed by atoms with Crippen LogP contribution >= 0.6 is 0 Å². The van der Waals surface area contributed by atoms with Gasteiger partial charge >= 0.3 is 0 Å². The molecule has 3 aliphatic carbocycles. The first-order chi connectivity index (χ1) is 5.54. The molecular formula is C10H14O2. The average molecular weight is 166 g/mol. The number of rotatable bonds is 0. The number of ketones is 2. The number of fused-ring (bicyclic) bond motifs is 3. The summed E-state index contributed by atoms with van der Waals surface area (Å²) in [5.41, 5.74) is -0.300. The molecule has 3 saturated carbocycles. The van der Waals surface area contributed by atoms with Crippen LogP contribution in [0.3, 0.4) is 0 Å². The Morgan fingerprint density at radius 2 is 2.08 bits per heavy atom. The standard InChI is InChI=1S/C10H14O2/c1-6-7-3-4-10(2,9(6)12)5-8(7)11/h6-7H,3-5H2,1-2H3/t6?,7-,10-/m0/s1. The summed E-state index contributed by atoms with van der Waals surface area (Å²) < 4.78 is 0. The molecule has 0 heterocycles. The first-order valence-corrected chi connectivity index (χ1v) is 4.62. The van der Waals surface area contributed by atoms with Crippen LogP contribution in [0.1, 0.15) is 33.1 Å². The Labute approximate surface area is 72.3 Å². The van der Waals surface area contributed by atoms with Crippen molar-refractivity contribution in [3.63, 3.8) is 0 Å². The lowest BCUT2D eigenvalue weighted by molar-refractivity contribution is -0.153. The van der Waals surface area contributed by atoms with Gasteiger partial charge in [-0.2, -0.15) is 0 Å². The molecule has 2 heteroatoms. The number of Topliss-reactive ketones (excluding diaryl/α,β-unsaturated/α-hetero) is 2. The molecule has 0 spiro atoms. The van der Waals surface area contributed by atoms with E-state index in [9.17, 15) is 9.59 Å². The molecule has 0 radical (unpaired) electrons. The van der Waals surface area contributed by atoms with Crippen molar-refractivity contribution in [2.75, 3.05) is 0 Å². The second kappa shape index (κ2) is 2.18. The van der Waals surface area contributed by atoms with Crippen molar-refractivity contribution in [3.05, 3.63) is 0 Å². The fourth-order valence-corrected chi connectivity index (χ4v) is 2.71. The van der Waals surface area contributed by atoms with Crippen LogP contribution in [-0.2, 0) is 9.59 Å². The van der Waals surface area contributed by atoms with Gasteiger partial charge < -0.3 is 0 Å². The minimum absolute atomic E-state index is 0.00926. The van der Waals surface area contributed by atoms with E-state index < -0.39 is 0 Å². The summed E-state index contributed by atoms with van der Waals surface area (Å²) in [6.07, 6.45) is 2.36. The largest absolute Gasteiger partial charge is 0.299 e. The summed E-state index contributed by atoms with van der Waals surface area (Å²) in [7, 11) is 0. The predicted molar refractivity (Wildman–Crippen MR) is 44.6 cm³/mol. The molecule has 2 bridgehead atoms. The Bertz CT molecular complexity index is 257. The van der Waals surface area contributed by atoms with Gasteiger partial charge in [-0.1, -0.05) is 13.8 Å². The maximum absolute atomic E-state index is 11.7. The summed E-state index contributed by atoms with van der Waals surface area (Å²) in [5, 5.41) is 0. The molecule has 1 unspecified atom stereocenters. The lowest BCUT2D eigenvalue weighted by Crippen LogP contribution is -2.51. The van der Waals surface area contributed by atoms with E-state index in [-0.39, 0.29) is 17.3 Å². The van der Waals surface area contributed by atoms with Crippen LogP contribution in [0.5, 0.6) is 0 Å². The van der Waals surface area contributed by atoms with Gasteiger partial charge in [-0.05, 0) is 12.8 Å². The number of carbonyl (C=O) groups is 2. The van der Waals surface area contributed by atoms with Crippen LogP contribution in [-0.4, -0.2) is 11.6 Å². The molecule has 66 valence electrons. The van der Waals surface area contributed by atoms with Gasteiger partial charge in [0, 0.05) is 23.7 Å². The molecule has 3 atom stereocenters. The van der Waals surface area contributed by atoms with Gasteiger partial charge in [-0.15, -0.1) is 0 Å². The minimum atomic E-state index is -0.300. The van der Waals surface area contributed by atoms with Crippen LogP contribution < -0.4 is 0 Å². The number of hydrogen-bond acceptors (Lipinski definition) is 2. The summed E-state index contributed by atoms with van der Waals surface area (Å²) >= 11 is 0. The molecule has 0 aromatic carbocycles. The molecule has 0 amide bonds. The van der Waals surface area contributed by atoms with Crippen LogP contribution in [0.15, 0.2) is 0 Å². The summed E-state index contributed by atoms with van der Waals surface area (Å²) in [5.74, 6) is 0.679. The maximum Gasteiger partial charge on any atom is 0.142 e. The number of hydrogen-bond donors (Lipinski definition) is 0. The second-order valence-electron chi connectivity index (χ2n) is 4.50. The van der Waals surface area contributed by atoms with Crippen molar-refractivity contribution in [2.45, 2.75) is 33.1 Å². The Morgan fingerprint density at radius 3 is 2.58 bits per heavy atom. The Kier molecular flexibility index (Phi) is 1.45. The smallest absolute Gasteiger partial charge is 0.142 e. The van der Waals surface area contributed by atoms with Crippen molar-refractivity contribution >= 4 is 11.6 Å². The lowest BCUT2D eigenvalue weighted by Gasteiger charge is -2.45. The third-order valence-electron chi connectivity index (χ3n) is 3.60. The third-order valence-corrected chi connectivity index (χ3v) is 3.60. The molecule has 0 aromatic rings. The number of carbonyl (C=O) groups excluding carboxylic acids is 2. The molecule has 0 saturated heterocycles. The molecule has 2 nitrogen and oxygen atoms in total. The normalized spacial score (nSPS) is 46.8. The van der Waals surface area contributed by atoms with E-state index in [2.05, 4.69) is 0 Å². The molecule has 3 aliphatic rings. The van der Waals surface area contributed by atoms with Gasteiger partial charge in [-0.25, -0.2) is 0 Å². The maximum atomic E-state index is 11.7. The van der Waals surface area contributed by atoms with Crippen molar-refractivity contribution < 1.29 is 9.59 Å². The first kappa shape index (κ1) is 7.96. The lowest BCUT2D eigenvalue weighted by atomic mass is 9.56. The van der Waals surface area contributed by atoms with Crippen molar-refractivity contribution in [1.82, 2.24) is 0 Å². The highest BCUT2D eigenvalue weighted by molar-refractivity contribution is 6.01. The quantitative estimate of drug-likeness (QED) is 0.547. The fourth-order valence-electron chi connectivity index (χ4n) is 2.71. The van der Waals surface area contributed by atoms with Crippen molar-refractivity contribution in [1.29, 1.82) is 0 Å². The summed E-state index contributed by atoms with van der Waals surface area (Å²) in [6, 6.07) is 0. The van der Waals surface area contributed by atoms with Crippen molar-refractivity contribution in [2.24, 2.45) is 17.3 Å². The Hall–Kier alpha value is -0.660. The van der Waals surface area contributed by atoms with Gasteiger partial charge in [0.15, 0.2) is 0 Å². The van der Waals surface area contributed by atoms with Crippen LogP contribution in [0.4, 0.5) is 0 Å². The molecule has 0 aromatic heterocycles. The summed E-state index contributed by atoms with van der Waals surface area (Å²) in [4.78, 5) is 23.2. The fraction of sp³-hybridized carbons (Fsp3) is 0.800. The van der Waals surface area contributed by atoms with E-state index in [1.165, 1.54) is 0 Å². The zero-order chi connectivity index (χ0) is 8.93. The van der Waals surface area contributed by atoms with Crippen LogP contribution in [0.2, 0.25) is 0 Å². The predicted octanol–water partition coefficient (Wildman–Crippen LogP) is 1.58. The van der Waals surface area contributed by atoms with E-state index in [1.54, 1.807) is 0 Å². The minimum Gasteiger partial charge on any atom is -0.299 e. The van der Waals surface area contributed by atoms with Crippen LogP contribution in [0, 0.1) is 17.3 Å². The molecule has 3 rings (SSSR count). The van der Waals surface area contributed by atoms with E-state index >= 15 is 0 Å². The van der Waals surface area contributed by atoms with E-state index in [4.69, 9.17) is 0 Å². The molecule has 3 fully saturated rings. The van der Waals surface area contributed by atoms with Crippen molar-refractivity contribution in [3.8, 4) is 0 Å². The average Bonchev–Trinajstić information content (AvgIpc) is 1.99. The zero-order valence-corrected chi connectivity index (χ0v) is 7.59. The highest BCUT2D eigenvalue weighted by Crippen LogP contribution is 2.48. The van der Waals surface area contributed by atoms with Gasteiger partial charge in [0.1, 0.15) is 11.6 Å². The second-order valence-corrected chi connectivity index (χ2v) is 4.50. The molecule has 0 N–H and O–H groups in total. The Morgan fingerprint density at radius 1 is 1.42 bits per heavy atom. The van der Waals surface area contributed by atoms with Gasteiger partial charge in [0.05, 0.1) is 0 Å². The van der Waals surface area contributed by atoms with Gasteiger partial charge in [-0.3, -0.25) is 9.59 Å². The van der Waals surface area contributed by atoms with E-state index in [0.717, 1.165) is 12.8 Å². The SMILES string of the molecule is CC1C(=O)[C@@]2(C)CC[C@@H]1C(=O)C2. The zero-order valence-electron chi connectivity index (χ0n) is 7.59. The highest BCUT2D eigenvalue weighted by atomic mass is 16.1. The molecule has 0 aliphatic heterocycles. The van der Waals surface area contributed by atoms with E-state index in [0.29, 0.717) is 18.0 Å². The van der Waals surface area contributed by atoms with Gasteiger partial charge in [0.25, 0.3) is 0 Å². The third kappa shape index (κ3) is 0.809. The highest BCUT2D eigenvalue weighted by Gasteiger charge is 2.52. The first-order valence-electron chi connectivity index (χ1n) is 4.62. The molecular weight excluding hydrogens is 152 g/mol. The monoisotopic (exact) mass is 166 g/mol.